The number of anilines is 1. The molecule has 1 fully saturated rings. The topological polar surface area (TPSA) is 38.3 Å². The van der Waals surface area contributed by atoms with Crippen molar-refractivity contribution in [2.75, 3.05) is 11.9 Å². The third-order valence-corrected chi connectivity index (χ3v) is 3.79. The van der Waals surface area contributed by atoms with Crippen LogP contribution in [0.1, 0.15) is 25.7 Å². The minimum atomic E-state index is -0.350. The molecule has 4 heteroatoms. The zero-order chi connectivity index (χ0) is 12.1. The first kappa shape index (κ1) is 12.2. The summed E-state index contributed by atoms with van der Waals surface area (Å²) in [5.41, 5.74) is 1.32. The van der Waals surface area contributed by atoms with Gasteiger partial charge in [-0.2, -0.15) is 0 Å². The van der Waals surface area contributed by atoms with Crippen molar-refractivity contribution in [2.24, 2.45) is 5.92 Å². The van der Waals surface area contributed by atoms with E-state index in [1.165, 1.54) is 16.9 Å². The van der Waals surface area contributed by atoms with Crippen molar-refractivity contribution >= 4 is 22.4 Å². The molecule has 0 aliphatic heterocycles. The molecule has 3 nitrogen and oxygen atoms in total. The second-order valence-corrected chi connectivity index (χ2v) is 5.34. The van der Waals surface area contributed by atoms with Crippen LogP contribution in [0.2, 0.25) is 0 Å². The molecule has 1 heterocycles. The minimum Gasteiger partial charge on any atom is -0.449 e. The van der Waals surface area contributed by atoms with E-state index in [-0.39, 0.29) is 6.09 Å². The molecule has 17 heavy (non-hydrogen) atoms. The first-order valence-corrected chi connectivity index (χ1v) is 6.76. The molecule has 0 bridgehead atoms. The summed E-state index contributed by atoms with van der Waals surface area (Å²) in [6, 6.07) is 3.75. The van der Waals surface area contributed by atoms with Crippen LogP contribution in [0, 0.1) is 5.92 Å². The van der Waals surface area contributed by atoms with E-state index in [4.69, 9.17) is 4.74 Å². The zero-order valence-electron chi connectivity index (χ0n) is 9.78. The van der Waals surface area contributed by atoms with Gasteiger partial charge in [-0.15, -0.1) is 11.3 Å². The molecule has 1 aliphatic rings. The zero-order valence-corrected chi connectivity index (χ0v) is 10.6. The van der Waals surface area contributed by atoms with Crippen molar-refractivity contribution in [1.82, 2.24) is 0 Å². The van der Waals surface area contributed by atoms with Crippen molar-refractivity contribution in [3.63, 3.8) is 0 Å². The van der Waals surface area contributed by atoms with Crippen molar-refractivity contribution in [2.45, 2.75) is 25.7 Å². The SMILES string of the molecule is C=C1CCC(COC(=O)Nc2cccs2)CC1. The summed E-state index contributed by atoms with van der Waals surface area (Å²) in [7, 11) is 0. The van der Waals surface area contributed by atoms with Crippen LogP contribution in [0.4, 0.5) is 9.80 Å². The number of carbonyl (C=O) groups is 1. The van der Waals surface area contributed by atoms with E-state index in [9.17, 15) is 4.79 Å². The summed E-state index contributed by atoms with van der Waals surface area (Å²) >= 11 is 1.49. The number of thiophene rings is 1. The molecule has 0 spiro atoms. The molecule has 92 valence electrons. The lowest BCUT2D eigenvalue weighted by molar-refractivity contribution is 0.132. The van der Waals surface area contributed by atoms with Gasteiger partial charge in [0.2, 0.25) is 0 Å². The highest BCUT2D eigenvalue weighted by atomic mass is 32.1. The number of carbonyl (C=O) groups excluding carboxylic acids is 1. The van der Waals surface area contributed by atoms with Gasteiger partial charge < -0.3 is 4.74 Å². The third kappa shape index (κ3) is 3.89. The molecule has 1 N–H and O–H groups in total. The maximum Gasteiger partial charge on any atom is 0.412 e. The van der Waals surface area contributed by atoms with Crippen LogP contribution in [-0.2, 0) is 4.74 Å². The highest BCUT2D eigenvalue weighted by molar-refractivity contribution is 7.14. The van der Waals surface area contributed by atoms with Crippen LogP contribution in [0.5, 0.6) is 0 Å². The standard InChI is InChI=1S/C13H17NO2S/c1-10-4-6-11(7-5-10)9-16-13(15)14-12-3-2-8-17-12/h2-3,8,11H,1,4-7,9H2,(H,14,15). The van der Waals surface area contributed by atoms with E-state index in [0.717, 1.165) is 30.7 Å². The summed E-state index contributed by atoms with van der Waals surface area (Å²) in [5.74, 6) is 0.495. The Kier molecular flexibility index (Phi) is 4.20. The van der Waals surface area contributed by atoms with Crippen LogP contribution in [0.25, 0.3) is 0 Å². The van der Waals surface area contributed by atoms with Crippen LogP contribution < -0.4 is 5.32 Å². The summed E-state index contributed by atoms with van der Waals surface area (Å²) in [6.07, 6.45) is 3.97. The fourth-order valence-corrected chi connectivity index (χ4v) is 2.54. The minimum absolute atomic E-state index is 0.350. The second-order valence-electron chi connectivity index (χ2n) is 4.39. The first-order valence-electron chi connectivity index (χ1n) is 5.88. The van der Waals surface area contributed by atoms with E-state index in [0.29, 0.717) is 12.5 Å². The summed E-state index contributed by atoms with van der Waals surface area (Å²) in [6.45, 7) is 4.49. The fraction of sp³-hybridized carbons (Fsp3) is 0.462. The first-order chi connectivity index (χ1) is 8.24. The van der Waals surface area contributed by atoms with Gasteiger partial charge in [-0.05, 0) is 49.1 Å². The summed E-state index contributed by atoms with van der Waals surface area (Å²) in [5, 5.41) is 5.46. The predicted octanol–water partition coefficient (Wildman–Crippen LogP) is 4.04. The molecule has 0 atom stereocenters. The Morgan fingerprint density at radius 3 is 2.94 bits per heavy atom. The smallest absolute Gasteiger partial charge is 0.412 e. The average Bonchev–Trinajstić information content (AvgIpc) is 2.81. The number of hydrogen-bond donors (Lipinski definition) is 1. The lowest BCUT2D eigenvalue weighted by Crippen LogP contribution is -2.20. The van der Waals surface area contributed by atoms with E-state index < -0.39 is 0 Å². The Bertz CT molecular complexity index is 376. The summed E-state index contributed by atoms with van der Waals surface area (Å²) < 4.78 is 5.22. The maximum atomic E-state index is 11.5. The molecule has 1 aromatic heterocycles. The Morgan fingerprint density at radius 2 is 2.29 bits per heavy atom. The Labute approximate surface area is 105 Å². The lowest BCUT2D eigenvalue weighted by atomic mass is 9.87. The largest absolute Gasteiger partial charge is 0.449 e. The molecule has 0 aromatic carbocycles. The van der Waals surface area contributed by atoms with Gasteiger partial charge in [0.15, 0.2) is 0 Å². The predicted molar refractivity (Wildman–Crippen MR) is 70.4 cm³/mol. The molecule has 2 rings (SSSR count). The van der Waals surface area contributed by atoms with Crippen molar-refractivity contribution < 1.29 is 9.53 Å². The van der Waals surface area contributed by atoms with Crippen LogP contribution in [0.15, 0.2) is 29.7 Å². The number of allylic oxidation sites excluding steroid dienone is 1. The number of hydrogen-bond acceptors (Lipinski definition) is 3. The molecule has 1 aromatic rings. The molecule has 0 radical (unpaired) electrons. The average molecular weight is 251 g/mol. The number of amides is 1. The van der Waals surface area contributed by atoms with Gasteiger partial charge >= 0.3 is 6.09 Å². The van der Waals surface area contributed by atoms with Gasteiger partial charge in [0, 0.05) is 0 Å². The van der Waals surface area contributed by atoms with Gasteiger partial charge in [-0.3, -0.25) is 5.32 Å². The van der Waals surface area contributed by atoms with E-state index in [2.05, 4.69) is 11.9 Å². The normalized spacial score (nSPS) is 16.8. The van der Waals surface area contributed by atoms with Crippen LogP contribution in [-0.4, -0.2) is 12.7 Å². The van der Waals surface area contributed by atoms with E-state index >= 15 is 0 Å². The van der Waals surface area contributed by atoms with Crippen molar-refractivity contribution in [3.8, 4) is 0 Å². The third-order valence-electron chi connectivity index (χ3n) is 3.01. The molecule has 0 saturated heterocycles. The molecule has 1 aliphatic carbocycles. The number of ether oxygens (including phenoxy) is 1. The number of rotatable bonds is 3. The lowest BCUT2D eigenvalue weighted by Gasteiger charge is -2.22. The van der Waals surface area contributed by atoms with Gasteiger partial charge in [-0.25, -0.2) is 4.79 Å². The van der Waals surface area contributed by atoms with Crippen LogP contribution in [0.3, 0.4) is 0 Å². The Hall–Kier alpha value is -1.29. The van der Waals surface area contributed by atoms with Crippen molar-refractivity contribution in [3.05, 3.63) is 29.7 Å². The van der Waals surface area contributed by atoms with Gasteiger partial charge in [0.05, 0.1) is 11.6 Å². The fourth-order valence-electron chi connectivity index (χ4n) is 1.93. The highest BCUT2D eigenvalue weighted by Gasteiger charge is 2.17. The summed E-state index contributed by atoms with van der Waals surface area (Å²) in [4.78, 5) is 11.5. The van der Waals surface area contributed by atoms with Gasteiger partial charge in [-0.1, -0.05) is 12.2 Å². The monoisotopic (exact) mass is 251 g/mol. The molecule has 1 amide bonds. The molecule has 1 saturated carbocycles. The van der Waals surface area contributed by atoms with E-state index in [1.54, 1.807) is 0 Å². The highest BCUT2D eigenvalue weighted by Crippen LogP contribution is 2.27. The van der Waals surface area contributed by atoms with E-state index in [1.807, 2.05) is 17.5 Å². The Morgan fingerprint density at radius 1 is 1.53 bits per heavy atom. The molecular formula is C13H17NO2S. The van der Waals surface area contributed by atoms with Gasteiger partial charge in [0.25, 0.3) is 0 Å². The van der Waals surface area contributed by atoms with Crippen LogP contribution >= 0.6 is 11.3 Å². The van der Waals surface area contributed by atoms with Gasteiger partial charge in [0.1, 0.15) is 0 Å². The maximum absolute atomic E-state index is 11.5. The number of nitrogens with one attached hydrogen (secondary N) is 1. The quantitative estimate of drug-likeness (QED) is 0.823. The molecular weight excluding hydrogens is 234 g/mol. The second kappa shape index (κ2) is 5.87. The van der Waals surface area contributed by atoms with Crippen molar-refractivity contribution in [1.29, 1.82) is 0 Å². The Balaban J connectivity index is 1.68. The molecule has 0 unspecified atom stereocenters.